The molecular formula is C10H14O4. The molecule has 0 amide bonds. The number of esters is 1. The van der Waals surface area contributed by atoms with Crippen molar-refractivity contribution in [1.82, 2.24) is 0 Å². The first kappa shape index (κ1) is 12.6. The first-order valence-electron chi connectivity index (χ1n) is 4.28. The van der Waals surface area contributed by atoms with E-state index in [1.807, 2.05) is 0 Å². The number of Topliss-reactive ketones (excluding diaryl/α,β-unsaturated/α-hetero) is 2. The summed E-state index contributed by atoms with van der Waals surface area (Å²) in [4.78, 5) is 33.3. The summed E-state index contributed by atoms with van der Waals surface area (Å²) in [5.41, 5.74) is -0.0909. The normalized spacial score (nSPS) is 9.71. The molecule has 4 heteroatoms. The lowest BCUT2D eigenvalue weighted by Gasteiger charge is -2.11. The van der Waals surface area contributed by atoms with Crippen molar-refractivity contribution in [3.8, 4) is 0 Å². The van der Waals surface area contributed by atoms with Gasteiger partial charge in [0.25, 0.3) is 0 Å². The van der Waals surface area contributed by atoms with E-state index in [0.29, 0.717) is 0 Å². The Morgan fingerprint density at radius 3 is 1.93 bits per heavy atom. The van der Waals surface area contributed by atoms with Gasteiger partial charge >= 0.3 is 5.97 Å². The maximum atomic E-state index is 11.2. The molecule has 0 bridgehead atoms. The van der Waals surface area contributed by atoms with Gasteiger partial charge in [0.05, 0.1) is 6.61 Å². The molecule has 0 N–H and O–H groups in total. The molecule has 0 saturated carbocycles. The minimum Gasteiger partial charge on any atom is -0.463 e. The highest BCUT2D eigenvalue weighted by Crippen LogP contribution is 2.13. The molecule has 14 heavy (non-hydrogen) atoms. The van der Waals surface area contributed by atoms with E-state index in [1.165, 1.54) is 13.8 Å². The van der Waals surface area contributed by atoms with E-state index in [0.717, 1.165) is 0 Å². The molecule has 0 atom stereocenters. The lowest BCUT2D eigenvalue weighted by atomic mass is 9.93. The lowest BCUT2D eigenvalue weighted by Crippen LogP contribution is -2.26. The van der Waals surface area contributed by atoms with Crippen LogP contribution in [-0.4, -0.2) is 24.1 Å². The van der Waals surface area contributed by atoms with Gasteiger partial charge in [0.2, 0.25) is 0 Å². The Labute approximate surface area is 82.9 Å². The van der Waals surface area contributed by atoms with Crippen molar-refractivity contribution in [1.29, 1.82) is 0 Å². The molecule has 0 spiro atoms. The van der Waals surface area contributed by atoms with Crippen LogP contribution in [0.5, 0.6) is 0 Å². The van der Waals surface area contributed by atoms with E-state index < -0.39 is 23.5 Å². The zero-order chi connectivity index (χ0) is 11.3. The molecule has 0 aromatic rings. The fourth-order valence-electron chi connectivity index (χ4n) is 1.12. The van der Waals surface area contributed by atoms with E-state index in [2.05, 4.69) is 11.3 Å². The summed E-state index contributed by atoms with van der Waals surface area (Å²) in [7, 11) is 0. The molecule has 0 radical (unpaired) electrons. The molecule has 78 valence electrons. The van der Waals surface area contributed by atoms with Crippen LogP contribution >= 0.6 is 0 Å². The average Bonchev–Trinajstić information content (AvgIpc) is 2.03. The van der Waals surface area contributed by atoms with Crippen molar-refractivity contribution in [2.45, 2.75) is 20.8 Å². The van der Waals surface area contributed by atoms with Gasteiger partial charge in [0, 0.05) is 5.57 Å². The number of carbonyl (C=O) groups excluding carboxylic acids is 3. The highest BCUT2D eigenvalue weighted by molar-refractivity contribution is 6.10. The van der Waals surface area contributed by atoms with E-state index in [-0.39, 0.29) is 12.2 Å². The maximum absolute atomic E-state index is 11.2. The largest absolute Gasteiger partial charge is 0.463 e. The van der Waals surface area contributed by atoms with Crippen molar-refractivity contribution in [2.75, 3.05) is 6.61 Å². The van der Waals surface area contributed by atoms with Gasteiger partial charge in [0.1, 0.15) is 17.5 Å². The molecular weight excluding hydrogens is 184 g/mol. The summed E-state index contributed by atoms with van der Waals surface area (Å²) < 4.78 is 4.64. The fraction of sp³-hybridized carbons (Fsp3) is 0.500. The molecule has 0 heterocycles. The van der Waals surface area contributed by atoms with Crippen molar-refractivity contribution in [2.24, 2.45) is 5.92 Å². The van der Waals surface area contributed by atoms with Crippen LogP contribution in [0.3, 0.4) is 0 Å². The molecule has 0 aliphatic carbocycles. The first-order valence-corrected chi connectivity index (χ1v) is 4.28. The minimum absolute atomic E-state index is 0.0909. The van der Waals surface area contributed by atoms with E-state index in [4.69, 9.17) is 0 Å². The quantitative estimate of drug-likeness (QED) is 0.374. The van der Waals surface area contributed by atoms with E-state index in [1.54, 1.807) is 6.92 Å². The third-order valence-electron chi connectivity index (χ3n) is 1.70. The Morgan fingerprint density at radius 2 is 1.64 bits per heavy atom. The standard InChI is InChI=1S/C10H14O4/c1-5-14-10(13)6(2)9(7(3)11)8(4)12/h9H,2,5H2,1,3-4H3. The van der Waals surface area contributed by atoms with Crippen molar-refractivity contribution >= 4 is 17.5 Å². The van der Waals surface area contributed by atoms with E-state index >= 15 is 0 Å². The Kier molecular flexibility index (Phi) is 4.77. The van der Waals surface area contributed by atoms with Crippen LogP contribution in [-0.2, 0) is 19.1 Å². The number of hydrogen-bond acceptors (Lipinski definition) is 4. The molecule has 0 aromatic carbocycles. The average molecular weight is 198 g/mol. The summed E-state index contributed by atoms with van der Waals surface area (Å²) in [6.07, 6.45) is 0. The molecule has 0 aliphatic rings. The van der Waals surface area contributed by atoms with Gasteiger partial charge in [-0.25, -0.2) is 4.79 Å². The number of hydrogen-bond donors (Lipinski definition) is 0. The van der Waals surface area contributed by atoms with Crippen LogP contribution < -0.4 is 0 Å². The van der Waals surface area contributed by atoms with Gasteiger partial charge < -0.3 is 4.74 Å². The third kappa shape index (κ3) is 3.12. The second kappa shape index (κ2) is 5.32. The third-order valence-corrected chi connectivity index (χ3v) is 1.70. The maximum Gasteiger partial charge on any atom is 0.334 e. The predicted octanol–water partition coefficient (Wildman–Crippen LogP) is 0.900. The number of carbonyl (C=O) groups is 3. The second-order valence-corrected chi connectivity index (χ2v) is 2.90. The van der Waals surface area contributed by atoms with Crippen molar-refractivity contribution < 1.29 is 19.1 Å². The zero-order valence-corrected chi connectivity index (χ0v) is 8.62. The van der Waals surface area contributed by atoms with Gasteiger partial charge in [-0.3, -0.25) is 9.59 Å². The molecule has 0 unspecified atom stereocenters. The Morgan fingerprint density at radius 1 is 1.21 bits per heavy atom. The summed E-state index contributed by atoms with van der Waals surface area (Å²) in [6, 6.07) is 0. The minimum atomic E-state index is -1.06. The van der Waals surface area contributed by atoms with E-state index in [9.17, 15) is 14.4 Å². The lowest BCUT2D eigenvalue weighted by molar-refractivity contribution is -0.142. The Bertz CT molecular complexity index is 264. The molecule has 0 aliphatic heterocycles. The first-order chi connectivity index (χ1) is 6.41. The Hall–Kier alpha value is -1.45. The van der Waals surface area contributed by atoms with Crippen LogP contribution in [0.25, 0.3) is 0 Å². The topological polar surface area (TPSA) is 60.4 Å². The smallest absolute Gasteiger partial charge is 0.334 e. The second-order valence-electron chi connectivity index (χ2n) is 2.90. The predicted molar refractivity (Wildman–Crippen MR) is 50.6 cm³/mol. The van der Waals surface area contributed by atoms with Gasteiger partial charge in [0.15, 0.2) is 0 Å². The van der Waals surface area contributed by atoms with Crippen LogP contribution in [0.4, 0.5) is 0 Å². The highest BCUT2D eigenvalue weighted by Gasteiger charge is 2.27. The SMILES string of the molecule is C=C(C(=O)OCC)C(C(C)=O)C(C)=O. The molecule has 0 fully saturated rings. The van der Waals surface area contributed by atoms with Crippen LogP contribution in [0.15, 0.2) is 12.2 Å². The summed E-state index contributed by atoms with van der Waals surface area (Å²) in [6.45, 7) is 7.73. The Balaban J connectivity index is 4.69. The van der Waals surface area contributed by atoms with Gasteiger partial charge in [-0.1, -0.05) is 6.58 Å². The van der Waals surface area contributed by atoms with Crippen LogP contribution in [0.2, 0.25) is 0 Å². The van der Waals surface area contributed by atoms with Crippen LogP contribution in [0, 0.1) is 5.92 Å². The number of ether oxygens (including phenoxy) is 1. The molecule has 0 aromatic heterocycles. The molecule has 4 nitrogen and oxygen atoms in total. The van der Waals surface area contributed by atoms with Crippen molar-refractivity contribution in [3.63, 3.8) is 0 Å². The van der Waals surface area contributed by atoms with Crippen molar-refractivity contribution in [3.05, 3.63) is 12.2 Å². The highest BCUT2D eigenvalue weighted by atomic mass is 16.5. The monoisotopic (exact) mass is 198 g/mol. The molecule has 0 saturated heterocycles. The zero-order valence-electron chi connectivity index (χ0n) is 8.62. The van der Waals surface area contributed by atoms with Gasteiger partial charge in [-0.05, 0) is 20.8 Å². The number of ketones is 2. The van der Waals surface area contributed by atoms with Crippen LogP contribution in [0.1, 0.15) is 20.8 Å². The summed E-state index contributed by atoms with van der Waals surface area (Å²) in [5, 5.41) is 0. The summed E-state index contributed by atoms with van der Waals surface area (Å²) >= 11 is 0. The van der Waals surface area contributed by atoms with Gasteiger partial charge in [-0.2, -0.15) is 0 Å². The molecule has 0 rings (SSSR count). The number of rotatable bonds is 5. The fourth-order valence-corrected chi connectivity index (χ4v) is 1.12. The summed E-state index contributed by atoms with van der Waals surface area (Å²) in [5.74, 6) is -2.54. The van der Waals surface area contributed by atoms with Gasteiger partial charge in [-0.15, -0.1) is 0 Å².